The Bertz CT molecular complexity index is 59.5. The minimum absolute atomic E-state index is 0. The van der Waals surface area contributed by atoms with Gasteiger partial charge < -0.3 is 8.63 Å². The fourth-order valence-electron chi connectivity index (χ4n) is 0. The zero-order chi connectivity index (χ0) is 6.08. The van der Waals surface area contributed by atoms with E-state index in [0.29, 0.717) is 0 Å². The molecule has 0 amide bonds. The van der Waals surface area contributed by atoms with E-state index in [9.17, 15) is 8.63 Å². The van der Waals surface area contributed by atoms with E-state index in [-0.39, 0.29) is 51.4 Å². The van der Waals surface area contributed by atoms with E-state index >= 15 is 0 Å². The van der Waals surface area contributed by atoms with Crippen molar-refractivity contribution in [3.05, 3.63) is 0 Å². The Morgan fingerprint density at radius 3 is 1.38 bits per heavy atom. The van der Waals surface area contributed by atoms with Gasteiger partial charge in [-0.3, -0.25) is 0 Å². The molecule has 0 saturated carbocycles. The summed E-state index contributed by atoms with van der Waals surface area (Å²) in [6.07, 6.45) is 0. The topological polar surface area (TPSA) is 0 Å². The van der Waals surface area contributed by atoms with Gasteiger partial charge in [0, 0.05) is 0 Å². The van der Waals surface area contributed by atoms with Crippen LogP contribution in [0.4, 0.5) is 8.63 Å². The molecule has 0 spiro atoms. The second-order valence-corrected chi connectivity index (χ2v) is 2.35. The van der Waals surface area contributed by atoms with Crippen LogP contribution in [0.25, 0.3) is 0 Å². The van der Waals surface area contributed by atoms with Crippen LogP contribution in [0.3, 0.4) is 0 Å². The van der Waals surface area contributed by atoms with Crippen LogP contribution in [0, 0.1) is 0 Å². The summed E-state index contributed by atoms with van der Waals surface area (Å²) < 4.78 is 23.8. The molecule has 0 unspecified atom stereocenters. The van der Waals surface area contributed by atoms with Crippen LogP contribution in [0.2, 0.25) is 12.6 Å². The van der Waals surface area contributed by atoms with Crippen molar-refractivity contribution in [3.63, 3.8) is 0 Å². The Morgan fingerprint density at radius 2 is 1.38 bits per heavy atom. The van der Waals surface area contributed by atoms with E-state index < -0.39 is 12.5 Å². The van der Waals surface area contributed by atoms with Gasteiger partial charge in [0.1, 0.15) is 0 Å². The van der Waals surface area contributed by atoms with E-state index in [0.717, 1.165) is 6.82 Å². The predicted octanol–water partition coefficient (Wildman–Crippen LogP) is -0.589. The van der Waals surface area contributed by atoms with Gasteiger partial charge in [0.15, 0.2) is 0 Å². The van der Waals surface area contributed by atoms with Gasteiger partial charge in [0.25, 0.3) is 0 Å². The van der Waals surface area contributed by atoms with Crippen LogP contribution < -0.4 is 51.4 Å². The summed E-state index contributed by atoms with van der Waals surface area (Å²) >= 11 is 0. The third-order valence-electron chi connectivity index (χ3n) is 1.17. The first-order chi connectivity index (χ1) is 2.94. The van der Waals surface area contributed by atoms with Crippen LogP contribution in [0.1, 0.15) is 13.8 Å². The molecule has 0 aliphatic heterocycles. The molecule has 0 nitrogen and oxygen atoms in total. The maximum Gasteiger partial charge on any atom is 1.00 e. The molecule has 0 aliphatic carbocycles. The van der Waals surface area contributed by atoms with E-state index in [2.05, 4.69) is 0 Å². The Labute approximate surface area is 91.8 Å². The molecule has 44 valence electrons. The summed E-state index contributed by atoms with van der Waals surface area (Å²) in [5.41, 5.74) is 0. The van der Waals surface area contributed by atoms with Gasteiger partial charge in [0.05, 0.1) is 0 Å². The first-order valence-corrected chi connectivity index (χ1v) is 2.50. The van der Waals surface area contributed by atoms with Crippen molar-refractivity contribution in [2.75, 3.05) is 0 Å². The zero-order valence-corrected chi connectivity index (χ0v) is 9.03. The number of hydrogen-bond donors (Lipinski definition) is 0. The summed E-state index contributed by atoms with van der Waals surface area (Å²) in [5.74, 6) is -0.472. The standard InChI is InChI=1S/C4H10BF2.K/c1-4(2)5(3,6)7;/h4H,1-3H3;/q-1;+1. The van der Waals surface area contributed by atoms with Crippen molar-refractivity contribution in [2.24, 2.45) is 0 Å². The van der Waals surface area contributed by atoms with Crippen molar-refractivity contribution in [2.45, 2.75) is 26.5 Å². The molecule has 0 heterocycles. The Hall–Kier alpha value is 1.56. The minimum atomic E-state index is -3.06. The molecule has 0 bridgehead atoms. The van der Waals surface area contributed by atoms with E-state index in [1.54, 1.807) is 0 Å². The maximum atomic E-state index is 11.9. The SMILES string of the molecule is CC(C)[B-](C)(F)F.[K+]. The maximum absolute atomic E-state index is 11.9. The summed E-state index contributed by atoms with van der Waals surface area (Å²) in [5, 5.41) is 0. The van der Waals surface area contributed by atoms with Crippen molar-refractivity contribution < 1.29 is 60.0 Å². The summed E-state index contributed by atoms with van der Waals surface area (Å²) in [6.45, 7) is 0.991. The van der Waals surface area contributed by atoms with Gasteiger partial charge in [-0.2, -0.15) is 0 Å². The fraction of sp³-hybridized carbons (Fsp3) is 1.00. The molecule has 0 atom stereocenters. The van der Waals surface area contributed by atoms with Crippen molar-refractivity contribution >= 4 is 6.70 Å². The monoisotopic (exact) mass is 146 g/mol. The largest absolute Gasteiger partial charge is 1.00 e. The summed E-state index contributed by atoms with van der Waals surface area (Å²) in [7, 11) is 0. The van der Waals surface area contributed by atoms with Gasteiger partial charge in [-0.05, 0) is 0 Å². The summed E-state index contributed by atoms with van der Waals surface area (Å²) in [6, 6.07) is 0. The molecular formula is C4H10BF2K. The smallest absolute Gasteiger partial charge is 0.478 e. The number of hydrogen-bond acceptors (Lipinski definition) is 0. The van der Waals surface area contributed by atoms with Crippen molar-refractivity contribution in [3.8, 4) is 0 Å². The van der Waals surface area contributed by atoms with E-state index in [4.69, 9.17) is 0 Å². The average Bonchev–Trinajstić information content (AvgIpc) is 1.31. The third-order valence-corrected chi connectivity index (χ3v) is 1.17. The predicted molar refractivity (Wildman–Crippen MR) is 28.9 cm³/mol. The molecule has 0 rings (SSSR count). The number of halogens is 2. The Balaban J connectivity index is 0. The third kappa shape index (κ3) is 5.69. The van der Waals surface area contributed by atoms with Crippen molar-refractivity contribution in [1.82, 2.24) is 0 Å². The molecule has 0 aromatic heterocycles. The van der Waals surface area contributed by atoms with Gasteiger partial charge in [-0.15, -0.1) is 12.6 Å². The van der Waals surface area contributed by atoms with Gasteiger partial charge in [-0.25, -0.2) is 0 Å². The number of rotatable bonds is 1. The van der Waals surface area contributed by atoms with Gasteiger partial charge in [-0.1, -0.05) is 13.8 Å². The van der Waals surface area contributed by atoms with E-state index in [1.807, 2.05) is 0 Å². The fourth-order valence-corrected chi connectivity index (χ4v) is 0. The van der Waals surface area contributed by atoms with Crippen molar-refractivity contribution in [1.29, 1.82) is 0 Å². The minimum Gasteiger partial charge on any atom is -0.478 e. The van der Waals surface area contributed by atoms with Gasteiger partial charge >= 0.3 is 58.1 Å². The molecule has 0 N–H and O–H groups in total. The summed E-state index contributed by atoms with van der Waals surface area (Å²) in [4.78, 5) is 0. The molecule has 0 radical (unpaired) electrons. The zero-order valence-electron chi connectivity index (χ0n) is 5.91. The quantitative estimate of drug-likeness (QED) is 0.434. The van der Waals surface area contributed by atoms with E-state index in [1.165, 1.54) is 13.8 Å². The first kappa shape index (κ1) is 12.3. The molecule has 0 aliphatic rings. The molecule has 4 heteroatoms. The van der Waals surface area contributed by atoms with Crippen LogP contribution >= 0.6 is 0 Å². The normalized spacial score (nSPS) is 11.2. The van der Waals surface area contributed by atoms with Gasteiger partial charge in [0.2, 0.25) is 0 Å². The second kappa shape index (κ2) is 4.39. The molecule has 0 aromatic rings. The first-order valence-electron chi connectivity index (χ1n) is 2.50. The Kier molecular flexibility index (Phi) is 6.72. The molecule has 0 saturated heterocycles. The van der Waals surface area contributed by atoms with Crippen LogP contribution in [-0.2, 0) is 0 Å². The Morgan fingerprint density at radius 1 is 1.25 bits per heavy atom. The molecule has 0 fully saturated rings. The van der Waals surface area contributed by atoms with Crippen LogP contribution in [0.5, 0.6) is 0 Å². The van der Waals surface area contributed by atoms with Crippen LogP contribution in [0.15, 0.2) is 0 Å². The molecular weight excluding hydrogens is 136 g/mol. The average molecular weight is 146 g/mol. The second-order valence-electron chi connectivity index (χ2n) is 2.35. The molecule has 8 heavy (non-hydrogen) atoms. The molecule has 0 aromatic carbocycles. The van der Waals surface area contributed by atoms with Crippen LogP contribution in [-0.4, -0.2) is 6.70 Å².